The van der Waals surface area contributed by atoms with E-state index >= 15 is 0 Å². The quantitative estimate of drug-likeness (QED) is 0.881. The summed E-state index contributed by atoms with van der Waals surface area (Å²) in [6, 6.07) is 14.5. The lowest BCUT2D eigenvalue weighted by Gasteiger charge is -2.28. The minimum absolute atomic E-state index is 0.0120. The smallest absolute Gasteiger partial charge is 0.229 e. The lowest BCUT2D eigenvalue weighted by Crippen LogP contribution is -2.31. The van der Waals surface area contributed by atoms with Crippen LogP contribution in [0.4, 0.5) is 11.5 Å². The minimum Gasteiger partial charge on any atom is -0.350 e. The van der Waals surface area contributed by atoms with Crippen molar-refractivity contribution in [3.05, 3.63) is 54.2 Å². The fourth-order valence-corrected chi connectivity index (χ4v) is 2.26. The van der Waals surface area contributed by atoms with Gasteiger partial charge in [-0.15, -0.1) is 0 Å². The van der Waals surface area contributed by atoms with Crippen LogP contribution in [0.2, 0.25) is 0 Å². The van der Waals surface area contributed by atoms with Crippen molar-refractivity contribution in [2.75, 3.05) is 10.2 Å². The van der Waals surface area contributed by atoms with Crippen LogP contribution in [0.3, 0.4) is 0 Å². The maximum absolute atomic E-state index is 12.1. The first-order chi connectivity index (χ1) is 11.3. The van der Waals surface area contributed by atoms with Crippen molar-refractivity contribution in [3.8, 4) is 0 Å². The van der Waals surface area contributed by atoms with Gasteiger partial charge >= 0.3 is 0 Å². The summed E-state index contributed by atoms with van der Waals surface area (Å²) in [6.45, 7) is 10.8. The Kier molecular flexibility index (Phi) is 5.60. The van der Waals surface area contributed by atoms with Gasteiger partial charge in [0.05, 0.1) is 11.9 Å². The summed E-state index contributed by atoms with van der Waals surface area (Å²) < 4.78 is 0. The predicted octanol–water partition coefficient (Wildman–Crippen LogP) is 4.48. The summed E-state index contributed by atoms with van der Waals surface area (Å²) in [4.78, 5) is 18.8. The molecule has 0 unspecified atom stereocenters. The summed E-state index contributed by atoms with van der Waals surface area (Å²) in [5.41, 5.74) is 1.55. The first-order valence-corrected chi connectivity index (χ1v) is 8.35. The Bertz CT molecular complexity index is 658. The second kappa shape index (κ2) is 7.47. The Morgan fingerprint density at radius 3 is 2.29 bits per heavy atom. The molecule has 1 aromatic heterocycles. The highest BCUT2D eigenvalue weighted by Gasteiger charge is 2.21. The van der Waals surface area contributed by atoms with Gasteiger partial charge in [0.1, 0.15) is 5.82 Å². The van der Waals surface area contributed by atoms with Crippen molar-refractivity contribution in [1.82, 2.24) is 4.98 Å². The Labute approximate surface area is 144 Å². The SMILES string of the molecule is CC(C)N(Cc1ccccc1)c1ccc(NC(=O)C(C)(C)C)cn1. The van der Waals surface area contributed by atoms with Gasteiger partial charge in [-0.2, -0.15) is 0 Å². The molecule has 4 heteroatoms. The van der Waals surface area contributed by atoms with Gasteiger partial charge in [0.2, 0.25) is 5.91 Å². The van der Waals surface area contributed by atoms with E-state index in [-0.39, 0.29) is 5.91 Å². The van der Waals surface area contributed by atoms with E-state index in [1.165, 1.54) is 5.56 Å². The molecule has 128 valence electrons. The molecule has 1 N–H and O–H groups in total. The number of carbonyl (C=O) groups excluding carboxylic acids is 1. The Balaban J connectivity index is 2.13. The normalized spacial score (nSPS) is 11.4. The van der Waals surface area contributed by atoms with Crippen LogP contribution >= 0.6 is 0 Å². The molecule has 1 aromatic carbocycles. The molecular formula is C20H27N3O. The molecular weight excluding hydrogens is 298 g/mol. The Hall–Kier alpha value is -2.36. The van der Waals surface area contributed by atoms with E-state index in [9.17, 15) is 4.79 Å². The number of amides is 1. The van der Waals surface area contributed by atoms with Crippen LogP contribution in [0.15, 0.2) is 48.7 Å². The number of anilines is 2. The number of carbonyl (C=O) groups is 1. The number of benzene rings is 1. The molecule has 0 saturated carbocycles. The molecule has 2 aromatic rings. The monoisotopic (exact) mass is 325 g/mol. The van der Waals surface area contributed by atoms with Gasteiger partial charge in [-0.05, 0) is 31.5 Å². The van der Waals surface area contributed by atoms with Gasteiger partial charge in [0.25, 0.3) is 0 Å². The van der Waals surface area contributed by atoms with Gasteiger partial charge in [-0.3, -0.25) is 4.79 Å². The van der Waals surface area contributed by atoms with Crippen molar-refractivity contribution in [2.45, 2.75) is 47.2 Å². The third-order valence-corrected chi connectivity index (χ3v) is 3.80. The Morgan fingerprint density at radius 2 is 1.79 bits per heavy atom. The van der Waals surface area contributed by atoms with Crippen molar-refractivity contribution in [2.24, 2.45) is 5.41 Å². The van der Waals surface area contributed by atoms with Crippen LogP contribution in [-0.4, -0.2) is 16.9 Å². The largest absolute Gasteiger partial charge is 0.350 e. The molecule has 1 heterocycles. The molecule has 0 aliphatic heterocycles. The van der Waals surface area contributed by atoms with E-state index in [2.05, 4.69) is 41.2 Å². The highest BCUT2D eigenvalue weighted by molar-refractivity contribution is 5.94. The second-order valence-electron chi connectivity index (χ2n) is 7.32. The van der Waals surface area contributed by atoms with E-state index in [0.29, 0.717) is 6.04 Å². The fraction of sp³-hybridized carbons (Fsp3) is 0.400. The number of aromatic nitrogens is 1. The maximum atomic E-state index is 12.1. The number of nitrogens with one attached hydrogen (secondary N) is 1. The third kappa shape index (κ3) is 4.82. The molecule has 2 rings (SSSR count). The Morgan fingerprint density at radius 1 is 1.12 bits per heavy atom. The first-order valence-electron chi connectivity index (χ1n) is 8.35. The fourth-order valence-electron chi connectivity index (χ4n) is 2.26. The standard InChI is InChI=1S/C20H27N3O/c1-15(2)23(14-16-9-7-6-8-10-16)18-12-11-17(13-21-18)22-19(24)20(3,4)5/h6-13,15H,14H2,1-5H3,(H,22,24). The summed E-state index contributed by atoms with van der Waals surface area (Å²) in [5, 5.41) is 2.91. The molecule has 1 amide bonds. The summed E-state index contributed by atoms with van der Waals surface area (Å²) in [6.07, 6.45) is 1.72. The first kappa shape index (κ1) is 18.0. The van der Waals surface area contributed by atoms with Crippen LogP contribution in [-0.2, 0) is 11.3 Å². The summed E-state index contributed by atoms with van der Waals surface area (Å²) in [7, 11) is 0. The zero-order chi connectivity index (χ0) is 17.7. The van der Waals surface area contributed by atoms with Crippen LogP contribution < -0.4 is 10.2 Å². The van der Waals surface area contributed by atoms with Gasteiger partial charge < -0.3 is 10.2 Å². The third-order valence-electron chi connectivity index (χ3n) is 3.80. The van der Waals surface area contributed by atoms with Gasteiger partial charge in [0, 0.05) is 18.0 Å². The van der Waals surface area contributed by atoms with Crippen LogP contribution in [0.1, 0.15) is 40.2 Å². The highest BCUT2D eigenvalue weighted by atomic mass is 16.2. The van der Waals surface area contributed by atoms with E-state index in [1.54, 1.807) is 6.20 Å². The maximum Gasteiger partial charge on any atom is 0.229 e. The number of pyridine rings is 1. The van der Waals surface area contributed by atoms with E-state index in [4.69, 9.17) is 0 Å². The zero-order valence-corrected chi connectivity index (χ0v) is 15.2. The summed E-state index contributed by atoms with van der Waals surface area (Å²) >= 11 is 0. The van der Waals surface area contributed by atoms with Crippen molar-refractivity contribution < 1.29 is 4.79 Å². The average Bonchev–Trinajstić information content (AvgIpc) is 2.53. The molecule has 0 atom stereocenters. The number of hydrogen-bond acceptors (Lipinski definition) is 3. The lowest BCUT2D eigenvalue weighted by atomic mass is 9.96. The van der Waals surface area contributed by atoms with Gasteiger partial charge in [-0.1, -0.05) is 51.1 Å². The molecule has 0 fully saturated rings. The predicted molar refractivity (Wildman–Crippen MR) is 100 cm³/mol. The van der Waals surface area contributed by atoms with Crippen molar-refractivity contribution >= 4 is 17.4 Å². The highest BCUT2D eigenvalue weighted by Crippen LogP contribution is 2.21. The minimum atomic E-state index is -0.421. The number of hydrogen-bond donors (Lipinski definition) is 1. The second-order valence-corrected chi connectivity index (χ2v) is 7.32. The molecule has 0 bridgehead atoms. The number of nitrogens with zero attached hydrogens (tertiary/aromatic N) is 2. The van der Waals surface area contributed by atoms with E-state index in [0.717, 1.165) is 18.1 Å². The molecule has 0 spiro atoms. The molecule has 4 nitrogen and oxygen atoms in total. The molecule has 0 aliphatic rings. The summed E-state index contributed by atoms with van der Waals surface area (Å²) in [5.74, 6) is 0.893. The average molecular weight is 325 g/mol. The molecule has 0 aliphatic carbocycles. The van der Waals surface area contributed by atoms with Gasteiger partial charge in [-0.25, -0.2) is 4.98 Å². The van der Waals surface area contributed by atoms with Crippen LogP contribution in [0, 0.1) is 5.41 Å². The van der Waals surface area contributed by atoms with Crippen molar-refractivity contribution in [3.63, 3.8) is 0 Å². The lowest BCUT2D eigenvalue weighted by molar-refractivity contribution is -0.123. The van der Waals surface area contributed by atoms with Crippen LogP contribution in [0.25, 0.3) is 0 Å². The topological polar surface area (TPSA) is 45.2 Å². The number of rotatable bonds is 5. The molecule has 24 heavy (non-hydrogen) atoms. The van der Waals surface area contributed by atoms with Gasteiger partial charge in [0.15, 0.2) is 0 Å². The zero-order valence-electron chi connectivity index (χ0n) is 15.2. The molecule has 0 radical (unpaired) electrons. The van der Waals surface area contributed by atoms with E-state index < -0.39 is 5.41 Å². The molecule has 0 saturated heterocycles. The van der Waals surface area contributed by atoms with Crippen molar-refractivity contribution in [1.29, 1.82) is 0 Å². The van der Waals surface area contributed by atoms with E-state index in [1.807, 2.05) is 51.1 Å². The van der Waals surface area contributed by atoms with Crippen LogP contribution in [0.5, 0.6) is 0 Å².